The van der Waals surface area contributed by atoms with Gasteiger partial charge in [0.15, 0.2) is 0 Å². The van der Waals surface area contributed by atoms with Gasteiger partial charge in [-0.25, -0.2) is 0 Å². The Morgan fingerprint density at radius 2 is 1.90 bits per heavy atom. The quantitative estimate of drug-likeness (QED) is 0.573. The van der Waals surface area contributed by atoms with E-state index >= 15 is 0 Å². The molecule has 1 unspecified atom stereocenters. The average Bonchev–Trinajstić information content (AvgIpc) is 3.36. The van der Waals surface area contributed by atoms with Crippen molar-refractivity contribution in [2.75, 3.05) is 6.54 Å². The van der Waals surface area contributed by atoms with Gasteiger partial charge in [0.2, 0.25) is 17.6 Å². The standard InChI is InChI=1S/C23H24ClN3O2/c1-15-12-16(2)14-18(13-15)20-4-3-11-27(20)22(28)10-9-21-25-23(26-29-21)17-5-7-19(24)8-6-17/h5-8,12-14,20H,3-4,9-11H2,1-2H3. The van der Waals surface area contributed by atoms with Crippen LogP contribution >= 0.6 is 11.6 Å². The van der Waals surface area contributed by atoms with Gasteiger partial charge in [0.1, 0.15) is 0 Å². The van der Waals surface area contributed by atoms with E-state index in [0.717, 1.165) is 24.9 Å². The Hall–Kier alpha value is -2.66. The molecule has 0 N–H and O–H groups in total. The number of hydrogen-bond donors (Lipinski definition) is 0. The number of nitrogens with zero attached hydrogens (tertiary/aromatic N) is 3. The van der Waals surface area contributed by atoms with E-state index in [0.29, 0.717) is 29.6 Å². The van der Waals surface area contributed by atoms with Crippen molar-refractivity contribution in [3.05, 3.63) is 70.1 Å². The smallest absolute Gasteiger partial charge is 0.227 e. The summed E-state index contributed by atoms with van der Waals surface area (Å²) in [6, 6.07) is 14.0. The summed E-state index contributed by atoms with van der Waals surface area (Å²) in [6.45, 7) is 5.01. The van der Waals surface area contributed by atoms with Crippen LogP contribution < -0.4 is 0 Å². The summed E-state index contributed by atoms with van der Waals surface area (Å²) >= 11 is 5.92. The van der Waals surface area contributed by atoms with E-state index < -0.39 is 0 Å². The van der Waals surface area contributed by atoms with Crippen molar-refractivity contribution in [3.8, 4) is 11.4 Å². The Morgan fingerprint density at radius 1 is 1.17 bits per heavy atom. The zero-order valence-corrected chi connectivity index (χ0v) is 17.4. The van der Waals surface area contributed by atoms with Crippen molar-refractivity contribution in [2.24, 2.45) is 0 Å². The van der Waals surface area contributed by atoms with Crippen LogP contribution in [0.2, 0.25) is 5.02 Å². The third kappa shape index (κ3) is 4.51. The molecule has 0 aliphatic carbocycles. The number of aryl methyl sites for hydroxylation is 3. The molecule has 1 aliphatic heterocycles. The SMILES string of the molecule is Cc1cc(C)cc(C2CCCN2C(=O)CCc2nc(-c3ccc(Cl)cc3)no2)c1. The maximum absolute atomic E-state index is 12.9. The lowest BCUT2D eigenvalue weighted by molar-refractivity contribution is -0.132. The van der Waals surface area contributed by atoms with Gasteiger partial charge >= 0.3 is 0 Å². The fourth-order valence-corrected chi connectivity index (χ4v) is 4.17. The predicted molar refractivity (Wildman–Crippen MR) is 113 cm³/mol. The summed E-state index contributed by atoms with van der Waals surface area (Å²) in [7, 11) is 0. The second-order valence-corrected chi connectivity index (χ2v) is 8.12. The molecular formula is C23H24ClN3O2. The van der Waals surface area contributed by atoms with Gasteiger partial charge in [-0.3, -0.25) is 4.79 Å². The molecule has 2 heterocycles. The van der Waals surface area contributed by atoms with Gasteiger partial charge in [0.25, 0.3) is 0 Å². The summed E-state index contributed by atoms with van der Waals surface area (Å²) in [5, 5.41) is 4.68. The monoisotopic (exact) mass is 409 g/mol. The molecule has 4 rings (SSSR count). The molecule has 2 aromatic carbocycles. The number of likely N-dealkylation sites (tertiary alicyclic amines) is 1. The van der Waals surface area contributed by atoms with Crippen LogP contribution in [0.3, 0.4) is 0 Å². The van der Waals surface area contributed by atoms with Gasteiger partial charge in [0.05, 0.1) is 6.04 Å². The van der Waals surface area contributed by atoms with Gasteiger partial charge in [0, 0.05) is 30.0 Å². The van der Waals surface area contributed by atoms with Crippen LogP contribution in [0.5, 0.6) is 0 Å². The second-order valence-electron chi connectivity index (χ2n) is 7.68. The van der Waals surface area contributed by atoms with E-state index in [-0.39, 0.29) is 11.9 Å². The lowest BCUT2D eigenvalue weighted by atomic mass is 9.99. The number of amides is 1. The van der Waals surface area contributed by atoms with E-state index in [9.17, 15) is 4.79 Å². The fourth-order valence-electron chi connectivity index (χ4n) is 4.04. The van der Waals surface area contributed by atoms with Crippen LogP contribution in [-0.2, 0) is 11.2 Å². The third-order valence-electron chi connectivity index (χ3n) is 5.33. The van der Waals surface area contributed by atoms with Crippen LogP contribution in [0, 0.1) is 13.8 Å². The molecule has 1 fully saturated rings. The maximum atomic E-state index is 12.9. The molecule has 1 atom stereocenters. The van der Waals surface area contributed by atoms with Crippen molar-refractivity contribution in [3.63, 3.8) is 0 Å². The van der Waals surface area contributed by atoms with Crippen LogP contribution in [-0.4, -0.2) is 27.5 Å². The Labute approximate surface area is 175 Å². The number of benzene rings is 2. The number of carbonyl (C=O) groups excluding carboxylic acids is 1. The largest absolute Gasteiger partial charge is 0.339 e. The van der Waals surface area contributed by atoms with Crippen LogP contribution in [0.4, 0.5) is 0 Å². The van der Waals surface area contributed by atoms with E-state index in [1.54, 1.807) is 12.1 Å². The van der Waals surface area contributed by atoms with Crippen LogP contribution in [0.25, 0.3) is 11.4 Å². The first-order valence-corrected chi connectivity index (χ1v) is 10.3. The topological polar surface area (TPSA) is 59.2 Å². The van der Waals surface area contributed by atoms with E-state index in [1.165, 1.54) is 16.7 Å². The summed E-state index contributed by atoms with van der Waals surface area (Å²) in [5.41, 5.74) is 4.54. The summed E-state index contributed by atoms with van der Waals surface area (Å²) < 4.78 is 5.34. The number of carbonyl (C=O) groups is 1. The van der Waals surface area contributed by atoms with E-state index in [4.69, 9.17) is 16.1 Å². The normalized spacial score (nSPS) is 16.4. The first kappa shape index (κ1) is 19.6. The van der Waals surface area contributed by atoms with Gasteiger partial charge in [-0.1, -0.05) is 46.1 Å². The molecule has 3 aromatic rings. The minimum Gasteiger partial charge on any atom is -0.339 e. The molecule has 1 aromatic heterocycles. The lowest BCUT2D eigenvalue weighted by Gasteiger charge is -2.25. The highest BCUT2D eigenvalue weighted by atomic mass is 35.5. The predicted octanol–water partition coefficient (Wildman–Crippen LogP) is 5.30. The van der Waals surface area contributed by atoms with Crippen molar-refractivity contribution < 1.29 is 9.32 Å². The second kappa shape index (κ2) is 8.37. The average molecular weight is 410 g/mol. The summed E-state index contributed by atoms with van der Waals surface area (Å²) in [5.74, 6) is 1.13. The van der Waals surface area contributed by atoms with Crippen molar-refractivity contribution >= 4 is 17.5 Å². The van der Waals surface area contributed by atoms with E-state index in [2.05, 4.69) is 42.2 Å². The third-order valence-corrected chi connectivity index (χ3v) is 5.58. The highest BCUT2D eigenvalue weighted by Gasteiger charge is 2.30. The van der Waals surface area contributed by atoms with Crippen molar-refractivity contribution in [1.82, 2.24) is 15.0 Å². The zero-order chi connectivity index (χ0) is 20.4. The molecule has 1 saturated heterocycles. The Balaban J connectivity index is 1.41. The van der Waals surface area contributed by atoms with E-state index in [1.807, 2.05) is 17.0 Å². The molecule has 0 radical (unpaired) electrons. The minimum absolute atomic E-state index is 0.137. The molecule has 1 amide bonds. The van der Waals surface area contributed by atoms with Gasteiger partial charge in [-0.15, -0.1) is 0 Å². The highest BCUT2D eigenvalue weighted by molar-refractivity contribution is 6.30. The van der Waals surface area contributed by atoms with Gasteiger partial charge < -0.3 is 9.42 Å². The molecule has 0 spiro atoms. The zero-order valence-electron chi connectivity index (χ0n) is 16.7. The lowest BCUT2D eigenvalue weighted by Crippen LogP contribution is -2.30. The molecule has 150 valence electrons. The number of rotatable bonds is 5. The molecule has 0 bridgehead atoms. The Bertz CT molecular complexity index is 993. The fraction of sp³-hybridized carbons (Fsp3) is 0.348. The molecule has 29 heavy (non-hydrogen) atoms. The molecular weight excluding hydrogens is 386 g/mol. The number of halogens is 1. The van der Waals surface area contributed by atoms with Gasteiger partial charge in [-0.05, 0) is 56.5 Å². The minimum atomic E-state index is 0.137. The van der Waals surface area contributed by atoms with Gasteiger partial charge in [-0.2, -0.15) is 4.98 Å². The highest BCUT2D eigenvalue weighted by Crippen LogP contribution is 2.33. The van der Waals surface area contributed by atoms with Crippen LogP contribution in [0.1, 0.15) is 47.9 Å². The molecule has 5 nitrogen and oxygen atoms in total. The summed E-state index contributed by atoms with van der Waals surface area (Å²) in [6.07, 6.45) is 2.85. The molecule has 6 heteroatoms. The van der Waals surface area contributed by atoms with Crippen molar-refractivity contribution in [1.29, 1.82) is 0 Å². The maximum Gasteiger partial charge on any atom is 0.227 e. The first-order chi connectivity index (χ1) is 14.0. The first-order valence-electron chi connectivity index (χ1n) is 9.96. The Morgan fingerprint density at radius 3 is 2.62 bits per heavy atom. The molecule has 1 aliphatic rings. The number of hydrogen-bond acceptors (Lipinski definition) is 4. The molecule has 0 saturated carbocycles. The Kier molecular flexibility index (Phi) is 5.67. The summed E-state index contributed by atoms with van der Waals surface area (Å²) in [4.78, 5) is 19.3. The van der Waals surface area contributed by atoms with Crippen molar-refractivity contribution in [2.45, 2.75) is 45.6 Å². The van der Waals surface area contributed by atoms with Crippen LogP contribution in [0.15, 0.2) is 47.0 Å². The number of aromatic nitrogens is 2.